The number of aromatic nitrogens is 2. The summed E-state index contributed by atoms with van der Waals surface area (Å²) in [6.45, 7) is 6.57. The van der Waals surface area contributed by atoms with E-state index in [4.69, 9.17) is 30.5 Å². The summed E-state index contributed by atoms with van der Waals surface area (Å²) in [5.74, 6) is -0.723. The molecule has 0 unspecified atom stereocenters. The molecule has 3 rings (SSSR count). The van der Waals surface area contributed by atoms with E-state index in [1.807, 2.05) is 20.8 Å². The number of anilines is 2. The van der Waals surface area contributed by atoms with Crippen LogP contribution >= 0.6 is 11.6 Å². The fourth-order valence-corrected chi connectivity index (χ4v) is 4.88. The first-order valence-electron chi connectivity index (χ1n) is 11.9. The molecule has 14 heteroatoms. The monoisotopic (exact) mass is 592 g/mol. The summed E-state index contributed by atoms with van der Waals surface area (Å²) in [5, 5.41) is 2.47. The third-order valence-electron chi connectivity index (χ3n) is 5.08. The Kier molecular flexibility index (Phi) is 10.1. The molecule has 2 N–H and O–H groups in total. The second-order valence-electron chi connectivity index (χ2n) is 9.17. The standard InChI is InChI=1S/C26H29ClN4O8S/c1-17(32)39-20-11-7-6-10-19(20)29-25(33)37-14-13-36-23-21(38-16-27)15-28-24(30-23)31-40(34,35)22-12-8-5-9-18(22)26(2,3)4/h5-12,15H,13-14,16H2,1-4H3,(H,29,33)(H,28,30,31). The van der Waals surface area contributed by atoms with Gasteiger partial charge in [-0.1, -0.05) is 62.7 Å². The molecule has 0 spiro atoms. The Bertz CT molecular complexity index is 1460. The van der Waals surface area contributed by atoms with E-state index in [1.165, 1.54) is 31.3 Å². The Hall–Kier alpha value is -4.10. The molecule has 0 bridgehead atoms. The molecule has 0 fully saturated rings. The lowest BCUT2D eigenvalue weighted by Gasteiger charge is -2.22. The highest BCUT2D eigenvalue weighted by molar-refractivity contribution is 7.92. The second-order valence-corrected chi connectivity index (χ2v) is 11.0. The van der Waals surface area contributed by atoms with E-state index in [1.54, 1.807) is 30.3 Å². The Morgan fingerprint density at radius 3 is 2.38 bits per heavy atom. The van der Waals surface area contributed by atoms with Crippen LogP contribution in [0.1, 0.15) is 33.3 Å². The van der Waals surface area contributed by atoms with E-state index in [-0.39, 0.29) is 53.2 Å². The highest BCUT2D eigenvalue weighted by Gasteiger charge is 2.26. The molecule has 1 aromatic heterocycles. The van der Waals surface area contributed by atoms with Crippen molar-refractivity contribution in [3.05, 3.63) is 60.3 Å². The van der Waals surface area contributed by atoms with Crippen LogP contribution in [0.25, 0.3) is 0 Å². The zero-order valence-electron chi connectivity index (χ0n) is 22.3. The van der Waals surface area contributed by atoms with Crippen molar-refractivity contribution in [3.8, 4) is 17.4 Å². The number of benzene rings is 2. The molecule has 0 saturated carbocycles. The predicted octanol–water partition coefficient (Wildman–Crippen LogP) is 4.70. The van der Waals surface area contributed by atoms with E-state index >= 15 is 0 Å². The highest BCUT2D eigenvalue weighted by Crippen LogP contribution is 2.31. The first-order valence-corrected chi connectivity index (χ1v) is 13.9. The lowest BCUT2D eigenvalue weighted by molar-refractivity contribution is -0.131. The molecule has 0 aliphatic heterocycles. The number of amides is 1. The number of ether oxygens (including phenoxy) is 4. The third kappa shape index (κ3) is 8.45. The molecule has 0 aliphatic carbocycles. The molecule has 0 aliphatic rings. The second kappa shape index (κ2) is 13.3. The smallest absolute Gasteiger partial charge is 0.411 e. The third-order valence-corrected chi connectivity index (χ3v) is 6.57. The van der Waals surface area contributed by atoms with Crippen LogP contribution in [0.4, 0.5) is 16.4 Å². The van der Waals surface area contributed by atoms with Gasteiger partial charge in [-0.15, -0.1) is 0 Å². The average Bonchev–Trinajstić information content (AvgIpc) is 2.88. The molecule has 1 amide bonds. The summed E-state index contributed by atoms with van der Waals surface area (Å²) >= 11 is 5.66. The van der Waals surface area contributed by atoms with Crippen LogP contribution in [0, 0.1) is 0 Å². The first-order chi connectivity index (χ1) is 18.9. The van der Waals surface area contributed by atoms with Crippen LogP contribution < -0.4 is 24.2 Å². The summed E-state index contributed by atoms with van der Waals surface area (Å²) in [5.41, 5.74) is 0.419. The van der Waals surface area contributed by atoms with Crippen molar-refractivity contribution in [1.82, 2.24) is 9.97 Å². The molecule has 1 heterocycles. The van der Waals surface area contributed by atoms with Gasteiger partial charge in [0.1, 0.15) is 13.2 Å². The van der Waals surface area contributed by atoms with Gasteiger partial charge in [0.05, 0.1) is 16.8 Å². The summed E-state index contributed by atoms with van der Waals surface area (Å²) in [6, 6.07) is 12.7. The average molecular weight is 593 g/mol. The molecular formula is C26H29ClN4O8S. The number of hydrogen-bond acceptors (Lipinski definition) is 10. The highest BCUT2D eigenvalue weighted by atomic mass is 35.5. The minimum absolute atomic E-state index is 0.0489. The molecule has 0 atom stereocenters. The van der Waals surface area contributed by atoms with Crippen LogP contribution in [0.5, 0.6) is 17.4 Å². The SMILES string of the molecule is CC(=O)Oc1ccccc1NC(=O)OCCOc1nc(NS(=O)(=O)c2ccccc2C(C)(C)C)ncc1OCCl. The number of nitrogens with one attached hydrogen (secondary N) is 2. The van der Waals surface area contributed by atoms with E-state index in [0.717, 1.165) is 0 Å². The van der Waals surface area contributed by atoms with E-state index in [2.05, 4.69) is 20.0 Å². The van der Waals surface area contributed by atoms with Gasteiger partial charge in [-0.3, -0.25) is 10.1 Å². The maximum absolute atomic E-state index is 13.2. The largest absolute Gasteiger partial charge is 0.471 e. The summed E-state index contributed by atoms with van der Waals surface area (Å²) in [6.07, 6.45) is 0.381. The topological polar surface area (TPSA) is 155 Å². The Morgan fingerprint density at radius 2 is 1.68 bits per heavy atom. The van der Waals surface area contributed by atoms with Crippen LogP contribution in [0.3, 0.4) is 0 Å². The number of esters is 1. The minimum Gasteiger partial charge on any atom is -0.471 e. The Balaban J connectivity index is 1.67. The molecule has 0 radical (unpaired) electrons. The quantitative estimate of drug-likeness (QED) is 0.138. The predicted molar refractivity (Wildman–Crippen MR) is 148 cm³/mol. The van der Waals surface area contributed by atoms with Gasteiger partial charge in [-0.05, 0) is 29.2 Å². The number of alkyl halides is 1. The van der Waals surface area contributed by atoms with Crippen molar-refractivity contribution in [2.75, 3.05) is 29.3 Å². The van der Waals surface area contributed by atoms with Crippen LogP contribution in [0.2, 0.25) is 0 Å². The number of para-hydroxylation sites is 2. The molecule has 40 heavy (non-hydrogen) atoms. The Morgan fingerprint density at radius 1 is 0.975 bits per heavy atom. The molecule has 214 valence electrons. The van der Waals surface area contributed by atoms with Gasteiger partial charge in [0, 0.05) is 6.92 Å². The maximum Gasteiger partial charge on any atom is 0.411 e. The van der Waals surface area contributed by atoms with Crippen molar-refractivity contribution >= 4 is 45.3 Å². The van der Waals surface area contributed by atoms with Crippen LogP contribution in [-0.4, -0.2) is 49.7 Å². The molecule has 3 aromatic rings. The molecular weight excluding hydrogens is 564 g/mol. The van der Waals surface area contributed by atoms with E-state index in [0.29, 0.717) is 5.56 Å². The normalized spacial score (nSPS) is 11.3. The number of nitrogens with zero attached hydrogens (tertiary/aromatic N) is 2. The van der Waals surface area contributed by atoms with Crippen molar-refractivity contribution in [2.45, 2.75) is 38.0 Å². The van der Waals surface area contributed by atoms with E-state index in [9.17, 15) is 18.0 Å². The number of carbonyl (C=O) groups is 2. The summed E-state index contributed by atoms with van der Waals surface area (Å²) in [4.78, 5) is 31.6. The maximum atomic E-state index is 13.2. The van der Waals surface area contributed by atoms with Gasteiger partial charge in [0.15, 0.2) is 11.8 Å². The molecule has 12 nitrogen and oxygen atoms in total. The van der Waals surface area contributed by atoms with Gasteiger partial charge in [0.25, 0.3) is 15.9 Å². The van der Waals surface area contributed by atoms with Crippen molar-refractivity contribution in [2.24, 2.45) is 0 Å². The lowest BCUT2D eigenvalue weighted by atomic mass is 9.87. The fourth-order valence-electron chi connectivity index (χ4n) is 3.39. The first kappa shape index (κ1) is 30.4. The van der Waals surface area contributed by atoms with Crippen LogP contribution in [-0.2, 0) is 25.0 Å². The number of carbonyl (C=O) groups excluding carboxylic acids is 2. The summed E-state index contributed by atoms with van der Waals surface area (Å²) < 4.78 is 49.7. The molecule has 2 aromatic carbocycles. The number of rotatable bonds is 11. The van der Waals surface area contributed by atoms with Crippen molar-refractivity contribution < 1.29 is 37.0 Å². The van der Waals surface area contributed by atoms with Gasteiger partial charge < -0.3 is 18.9 Å². The zero-order valence-corrected chi connectivity index (χ0v) is 23.8. The number of halogens is 1. The minimum atomic E-state index is -4.05. The van der Waals surface area contributed by atoms with Gasteiger partial charge in [0.2, 0.25) is 11.7 Å². The zero-order chi connectivity index (χ0) is 29.3. The molecule has 0 saturated heterocycles. The van der Waals surface area contributed by atoms with Gasteiger partial charge in [-0.2, -0.15) is 4.98 Å². The van der Waals surface area contributed by atoms with Crippen LogP contribution in [0.15, 0.2) is 59.6 Å². The van der Waals surface area contributed by atoms with Crippen molar-refractivity contribution in [1.29, 1.82) is 0 Å². The lowest BCUT2D eigenvalue weighted by Crippen LogP contribution is -2.22. The number of hydrogen-bond donors (Lipinski definition) is 2. The fraction of sp³-hybridized carbons (Fsp3) is 0.308. The van der Waals surface area contributed by atoms with Crippen molar-refractivity contribution in [3.63, 3.8) is 0 Å². The van der Waals surface area contributed by atoms with E-state index < -0.39 is 27.5 Å². The van der Waals surface area contributed by atoms with Gasteiger partial charge in [-0.25, -0.2) is 22.9 Å². The summed E-state index contributed by atoms with van der Waals surface area (Å²) in [7, 11) is -4.05. The Labute approximate surface area is 237 Å². The van der Waals surface area contributed by atoms with Gasteiger partial charge >= 0.3 is 12.1 Å². The number of sulfonamides is 1.